The summed E-state index contributed by atoms with van der Waals surface area (Å²) in [5.74, 6) is 1.07. The van der Waals surface area contributed by atoms with Gasteiger partial charge >= 0.3 is 0 Å². The summed E-state index contributed by atoms with van der Waals surface area (Å²) in [6, 6.07) is 0. The van der Waals surface area contributed by atoms with Gasteiger partial charge in [-0.05, 0) is 6.92 Å². The van der Waals surface area contributed by atoms with E-state index in [1.54, 1.807) is 0 Å². The molecule has 0 amide bonds. The molecular weight excluding hydrogens is 164 g/mol. The molecule has 0 unspecified atom stereocenters. The molecule has 1 aromatic heterocycles. The number of nitrogens with one attached hydrogen (secondary N) is 1. The van der Waals surface area contributed by atoms with Crippen LogP contribution in [0.5, 0.6) is 0 Å². The standard InChI is InChI=1S/C6H10N2.Cu/c1-3-6-7-4-5(2)8-6;/h4H,3H2,1-2H3,(H,7,8);. The number of hydrogen-bond acceptors (Lipinski definition) is 1. The van der Waals surface area contributed by atoms with E-state index in [4.69, 9.17) is 0 Å². The van der Waals surface area contributed by atoms with Crippen LogP contribution in [-0.4, -0.2) is 9.97 Å². The summed E-state index contributed by atoms with van der Waals surface area (Å²) >= 11 is 0. The van der Waals surface area contributed by atoms with Crippen molar-refractivity contribution in [3.8, 4) is 0 Å². The number of imidazole rings is 1. The number of H-pyrrole nitrogens is 1. The third kappa shape index (κ3) is 2.20. The van der Waals surface area contributed by atoms with Gasteiger partial charge in [0.05, 0.1) is 0 Å². The second-order valence-corrected chi connectivity index (χ2v) is 1.87. The predicted molar refractivity (Wildman–Crippen MR) is 32.7 cm³/mol. The molecule has 1 rings (SSSR count). The van der Waals surface area contributed by atoms with E-state index in [1.807, 2.05) is 13.1 Å². The molecule has 0 aliphatic carbocycles. The van der Waals surface area contributed by atoms with Crippen molar-refractivity contribution in [1.29, 1.82) is 0 Å². The Bertz CT molecular complexity index is 171. The van der Waals surface area contributed by atoms with E-state index in [-0.39, 0.29) is 17.1 Å². The first-order chi connectivity index (χ1) is 3.83. The monoisotopic (exact) mass is 173 g/mol. The van der Waals surface area contributed by atoms with E-state index < -0.39 is 0 Å². The van der Waals surface area contributed by atoms with Gasteiger partial charge in [0.25, 0.3) is 0 Å². The summed E-state index contributed by atoms with van der Waals surface area (Å²) < 4.78 is 0. The van der Waals surface area contributed by atoms with E-state index in [0.717, 1.165) is 17.9 Å². The van der Waals surface area contributed by atoms with Crippen LogP contribution in [0, 0.1) is 6.92 Å². The van der Waals surface area contributed by atoms with E-state index in [9.17, 15) is 0 Å². The Morgan fingerprint density at radius 3 is 2.56 bits per heavy atom. The number of nitrogens with zero attached hydrogens (tertiary/aromatic N) is 1. The molecule has 0 aliphatic rings. The van der Waals surface area contributed by atoms with Gasteiger partial charge in [-0.15, -0.1) is 0 Å². The molecule has 1 aromatic rings. The van der Waals surface area contributed by atoms with Crippen LogP contribution < -0.4 is 0 Å². The molecule has 0 saturated carbocycles. The smallest absolute Gasteiger partial charge is 0.105 e. The fraction of sp³-hybridized carbons (Fsp3) is 0.500. The zero-order chi connectivity index (χ0) is 5.98. The topological polar surface area (TPSA) is 28.7 Å². The first kappa shape index (κ1) is 8.73. The van der Waals surface area contributed by atoms with Crippen molar-refractivity contribution in [3.63, 3.8) is 0 Å². The van der Waals surface area contributed by atoms with Crippen LogP contribution in [0.4, 0.5) is 0 Å². The number of aromatic nitrogens is 2. The van der Waals surface area contributed by atoms with Crippen LogP contribution >= 0.6 is 0 Å². The SMILES string of the molecule is CCc1ncc(C)[nH]1.[Cu]. The van der Waals surface area contributed by atoms with Crippen molar-refractivity contribution in [2.45, 2.75) is 20.3 Å². The summed E-state index contributed by atoms with van der Waals surface area (Å²) in [6.07, 6.45) is 2.84. The van der Waals surface area contributed by atoms with E-state index >= 15 is 0 Å². The molecule has 9 heavy (non-hydrogen) atoms. The minimum absolute atomic E-state index is 0. The number of aromatic amines is 1. The normalized spacial score (nSPS) is 8.67. The number of hydrogen-bond donors (Lipinski definition) is 1. The average molecular weight is 174 g/mol. The molecule has 0 saturated heterocycles. The molecule has 0 spiro atoms. The Hall–Kier alpha value is -0.271. The van der Waals surface area contributed by atoms with Crippen LogP contribution in [0.15, 0.2) is 6.20 Å². The first-order valence-corrected chi connectivity index (χ1v) is 2.83. The maximum absolute atomic E-state index is 4.08. The molecule has 0 aromatic carbocycles. The predicted octanol–water partition coefficient (Wildman–Crippen LogP) is 1.28. The first-order valence-electron chi connectivity index (χ1n) is 2.83. The Balaban J connectivity index is 0.000000640. The molecule has 2 nitrogen and oxygen atoms in total. The Morgan fingerprint density at radius 2 is 2.33 bits per heavy atom. The second kappa shape index (κ2) is 3.70. The van der Waals surface area contributed by atoms with Gasteiger partial charge in [0.2, 0.25) is 0 Å². The van der Waals surface area contributed by atoms with E-state index in [0.29, 0.717) is 0 Å². The molecule has 55 valence electrons. The van der Waals surface area contributed by atoms with Gasteiger partial charge in [0.1, 0.15) is 5.82 Å². The summed E-state index contributed by atoms with van der Waals surface area (Å²) in [4.78, 5) is 7.19. The van der Waals surface area contributed by atoms with E-state index in [2.05, 4.69) is 16.9 Å². The van der Waals surface area contributed by atoms with Gasteiger partial charge in [-0.25, -0.2) is 4.98 Å². The van der Waals surface area contributed by atoms with Crippen molar-refractivity contribution in [2.24, 2.45) is 0 Å². The number of aryl methyl sites for hydroxylation is 2. The van der Waals surface area contributed by atoms with Crippen molar-refractivity contribution < 1.29 is 17.1 Å². The third-order valence-corrected chi connectivity index (χ3v) is 1.09. The maximum atomic E-state index is 4.08. The second-order valence-electron chi connectivity index (χ2n) is 1.87. The molecule has 0 bridgehead atoms. The molecule has 0 atom stereocenters. The fourth-order valence-corrected chi connectivity index (χ4v) is 0.647. The molecule has 1 N–H and O–H groups in total. The molecular formula is C6H10CuN2. The van der Waals surface area contributed by atoms with Gasteiger partial charge in [-0.1, -0.05) is 6.92 Å². The Labute approximate surface area is 65.6 Å². The quantitative estimate of drug-likeness (QED) is 0.637. The van der Waals surface area contributed by atoms with Crippen molar-refractivity contribution >= 4 is 0 Å². The largest absolute Gasteiger partial charge is 0.346 e. The molecule has 1 radical (unpaired) electrons. The van der Waals surface area contributed by atoms with Crippen LogP contribution in [0.2, 0.25) is 0 Å². The average Bonchev–Trinajstić information content (AvgIpc) is 2.14. The minimum Gasteiger partial charge on any atom is -0.346 e. The van der Waals surface area contributed by atoms with E-state index in [1.165, 1.54) is 0 Å². The summed E-state index contributed by atoms with van der Waals surface area (Å²) in [5.41, 5.74) is 1.14. The fourth-order valence-electron chi connectivity index (χ4n) is 0.647. The zero-order valence-electron chi connectivity index (χ0n) is 5.53. The van der Waals surface area contributed by atoms with Crippen LogP contribution in [-0.2, 0) is 23.5 Å². The Morgan fingerprint density at radius 1 is 1.67 bits per heavy atom. The zero-order valence-corrected chi connectivity index (χ0v) is 6.47. The minimum atomic E-state index is 0. The van der Waals surface area contributed by atoms with Gasteiger partial charge in [0, 0.05) is 35.4 Å². The van der Waals surface area contributed by atoms with Crippen LogP contribution in [0.3, 0.4) is 0 Å². The van der Waals surface area contributed by atoms with Gasteiger partial charge in [-0.2, -0.15) is 0 Å². The van der Waals surface area contributed by atoms with Gasteiger partial charge in [0.15, 0.2) is 0 Å². The third-order valence-electron chi connectivity index (χ3n) is 1.09. The summed E-state index contributed by atoms with van der Waals surface area (Å²) in [7, 11) is 0. The Kier molecular flexibility index (Phi) is 3.59. The molecule has 3 heteroatoms. The van der Waals surface area contributed by atoms with Crippen molar-refractivity contribution in [2.75, 3.05) is 0 Å². The van der Waals surface area contributed by atoms with Crippen molar-refractivity contribution in [1.82, 2.24) is 9.97 Å². The van der Waals surface area contributed by atoms with Gasteiger partial charge < -0.3 is 4.98 Å². The van der Waals surface area contributed by atoms with Crippen molar-refractivity contribution in [3.05, 3.63) is 17.7 Å². The summed E-state index contributed by atoms with van der Waals surface area (Å²) in [6.45, 7) is 4.09. The van der Waals surface area contributed by atoms with Crippen LogP contribution in [0.25, 0.3) is 0 Å². The molecule has 0 aliphatic heterocycles. The maximum Gasteiger partial charge on any atom is 0.105 e. The van der Waals surface area contributed by atoms with Gasteiger partial charge in [-0.3, -0.25) is 0 Å². The van der Waals surface area contributed by atoms with Crippen LogP contribution in [0.1, 0.15) is 18.4 Å². The summed E-state index contributed by atoms with van der Waals surface area (Å²) in [5, 5.41) is 0. The molecule has 1 heterocycles. The number of rotatable bonds is 1. The molecule has 0 fully saturated rings.